The summed E-state index contributed by atoms with van der Waals surface area (Å²) in [5, 5.41) is 19.8. The number of nitrogens with zero attached hydrogens (tertiary/aromatic N) is 1. The van der Waals surface area contributed by atoms with Crippen LogP contribution >= 0.6 is 0 Å². The molecular formula is C11H13NO4. The van der Waals surface area contributed by atoms with Crippen molar-refractivity contribution in [1.82, 2.24) is 0 Å². The van der Waals surface area contributed by atoms with Gasteiger partial charge in [-0.3, -0.25) is 14.9 Å². The molecule has 0 amide bonds. The van der Waals surface area contributed by atoms with E-state index in [1.807, 2.05) is 0 Å². The van der Waals surface area contributed by atoms with Crippen molar-refractivity contribution in [3.8, 4) is 0 Å². The van der Waals surface area contributed by atoms with E-state index in [1.54, 1.807) is 26.0 Å². The number of carboxylic acid groups (broad SMARTS) is 1. The second-order valence-corrected chi connectivity index (χ2v) is 3.62. The van der Waals surface area contributed by atoms with E-state index in [0.717, 1.165) is 5.56 Å². The fourth-order valence-corrected chi connectivity index (χ4v) is 1.65. The van der Waals surface area contributed by atoms with Gasteiger partial charge in [0, 0.05) is 11.6 Å². The molecule has 5 heteroatoms. The lowest BCUT2D eigenvalue weighted by atomic mass is 9.93. The summed E-state index contributed by atoms with van der Waals surface area (Å²) >= 11 is 0. The maximum atomic E-state index is 11.0. The molecule has 0 aliphatic carbocycles. The van der Waals surface area contributed by atoms with Crippen molar-refractivity contribution < 1.29 is 14.8 Å². The van der Waals surface area contributed by atoms with Crippen LogP contribution in [-0.2, 0) is 4.79 Å². The third kappa shape index (κ3) is 2.36. The van der Waals surface area contributed by atoms with E-state index in [0.29, 0.717) is 6.42 Å². The summed E-state index contributed by atoms with van der Waals surface area (Å²) in [5.74, 6) is -1.85. The molecule has 5 nitrogen and oxygen atoms in total. The SMILES string of the molecule is CCC(C(=O)O)c1cc(C)ccc1[N+](=O)[O-]. The highest BCUT2D eigenvalue weighted by molar-refractivity contribution is 5.77. The van der Waals surface area contributed by atoms with E-state index in [-0.39, 0.29) is 11.3 Å². The average molecular weight is 223 g/mol. The zero-order chi connectivity index (χ0) is 12.3. The van der Waals surface area contributed by atoms with Crippen LogP contribution < -0.4 is 0 Å². The molecule has 0 saturated carbocycles. The first kappa shape index (κ1) is 12.2. The lowest BCUT2D eigenvalue weighted by molar-refractivity contribution is -0.385. The van der Waals surface area contributed by atoms with Crippen molar-refractivity contribution in [1.29, 1.82) is 0 Å². The molecule has 86 valence electrons. The van der Waals surface area contributed by atoms with Crippen molar-refractivity contribution in [2.24, 2.45) is 0 Å². The van der Waals surface area contributed by atoms with Crippen molar-refractivity contribution in [2.45, 2.75) is 26.2 Å². The van der Waals surface area contributed by atoms with E-state index < -0.39 is 16.8 Å². The summed E-state index contributed by atoms with van der Waals surface area (Å²) in [6, 6.07) is 4.53. The molecule has 1 rings (SSSR count). The number of hydrogen-bond acceptors (Lipinski definition) is 3. The van der Waals surface area contributed by atoms with Crippen molar-refractivity contribution in [3.05, 3.63) is 39.4 Å². The number of nitro groups is 1. The second-order valence-electron chi connectivity index (χ2n) is 3.62. The number of carboxylic acids is 1. The molecule has 0 saturated heterocycles. The first-order valence-electron chi connectivity index (χ1n) is 4.95. The molecule has 1 aromatic rings. The molecule has 1 atom stereocenters. The van der Waals surface area contributed by atoms with Gasteiger partial charge in [0.1, 0.15) is 0 Å². The first-order valence-corrected chi connectivity index (χ1v) is 4.95. The monoisotopic (exact) mass is 223 g/mol. The Kier molecular flexibility index (Phi) is 3.60. The van der Waals surface area contributed by atoms with E-state index >= 15 is 0 Å². The second kappa shape index (κ2) is 4.74. The van der Waals surface area contributed by atoms with Gasteiger partial charge in [0.05, 0.1) is 10.8 Å². The lowest BCUT2D eigenvalue weighted by Crippen LogP contribution is -2.12. The molecule has 0 aliphatic rings. The summed E-state index contributed by atoms with van der Waals surface area (Å²) < 4.78 is 0. The fraction of sp³-hybridized carbons (Fsp3) is 0.364. The molecule has 0 spiro atoms. The minimum Gasteiger partial charge on any atom is -0.481 e. The van der Waals surface area contributed by atoms with E-state index in [4.69, 9.17) is 5.11 Å². The number of benzene rings is 1. The minimum absolute atomic E-state index is 0.125. The smallest absolute Gasteiger partial charge is 0.311 e. The Morgan fingerprint density at radius 3 is 2.62 bits per heavy atom. The minimum atomic E-state index is -1.03. The molecule has 1 unspecified atom stereocenters. The molecular weight excluding hydrogens is 210 g/mol. The average Bonchev–Trinajstić information content (AvgIpc) is 2.17. The molecule has 0 fully saturated rings. The summed E-state index contributed by atoms with van der Waals surface area (Å²) in [7, 11) is 0. The predicted molar refractivity (Wildman–Crippen MR) is 58.5 cm³/mol. The van der Waals surface area contributed by atoms with Crippen LogP contribution in [0.4, 0.5) is 5.69 Å². The maximum absolute atomic E-state index is 11.0. The Balaban J connectivity index is 3.33. The topological polar surface area (TPSA) is 80.4 Å². The van der Waals surface area contributed by atoms with E-state index in [9.17, 15) is 14.9 Å². The Labute approximate surface area is 92.9 Å². The van der Waals surface area contributed by atoms with E-state index in [2.05, 4.69) is 0 Å². The summed E-state index contributed by atoms with van der Waals surface area (Å²) in [4.78, 5) is 21.2. The van der Waals surface area contributed by atoms with Gasteiger partial charge in [0.25, 0.3) is 5.69 Å². The molecule has 1 N–H and O–H groups in total. The number of nitro benzene ring substituents is 1. The zero-order valence-electron chi connectivity index (χ0n) is 9.14. The zero-order valence-corrected chi connectivity index (χ0v) is 9.14. The fourth-order valence-electron chi connectivity index (χ4n) is 1.65. The highest BCUT2D eigenvalue weighted by Crippen LogP contribution is 2.29. The van der Waals surface area contributed by atoms with Crippen LogP contribution in [0.1, 0.15) is 30.4 Å². The maximum Gasteiger partial charge on any atom is 0.311 e. The molecule has 0 bridgehead atoms. The third-order valence-corrected chi connectivity index (χ3v) is 2.46. The number of aryl methyl sites for hydroxylation is 1. The third-order valence-electron chi connectivity index (χ3n) is 2.46. The quantitative estimate of drug-likeness (QED) is 0.628. The lowest BCUT2D eigenvalue weighted by Gasteiger charge is -2.11. The molecule has 16 heavy (non-hydrogen) atoms. The van der Waals surface area contributed by atoms with Gasteiger partial charge in [-0.1, -0.05) is 18.6 Å². The van der Waals surface area contributed by atoms with Crippen molar-refractivity contribution in [2.75, 3.05) is 0 Å². The van der Waals surface area contributed by atoms with Crippen LogP contribution in [-0.4, -0.2) is 16.0 Å². The standard InChI is InChI=1S/C11H13NO4/c1-3-8(11(13)14)9-6-7(2)4-5-10(9)12(15)16/h4-6,8H,3H2,1-2H3,(H,13,14). The van der Waals surface area contributed by atoms with Crippen molar-refractivity contribution in [3.63, 3.8) is 0 Å². The Hall–Kier alpha value is -1.91. The molecule has 0 radical (unpaired) electrons. The number of rotatable bonds is 4. The summed E-state index contributed by atoms with van der Waals surface area (Å²) in [5.41, 5.74) is 0.972. The van der Waals surface area contributed by atoms with Crippen molar-refractivity contribution >= 4 is 11.7 Å². The highest BCUT2D eigenvalue weighted by atomic mass is 16.6. The van der Waals surface area contributed by atoms with Crippen LogP contribution in [0.2, 0.25) is 0 Å². The van der Waals surface area contributed by atoms with Gasteiger partial charge in [0.2, 0.25) is 0 Å². The number of aliphatic carboxylic acids is 1. The number of hydrogen-bond donors (Lipinski definition) is 1. The van der Waals surface area contributed by atoms with Crippen LogP contribution in [0.3, 0.4) is 0 Å². The largest absolute Gasteiger partial charge is 0.481 e. The van der Waals surface area contributed by atoms with Gasteiger partial charge in [-0.05, 0) is 19.4 Å². The summed E-state index contributed by atoms with van der Waals surface area (Å²) in [6.45, 7) is 3.48. The van der Waals surface area contributed by atoms with Gasteiger partial charge in [0.15, 0.2) is 0 Å². The first-order chi connectivity index (χ1) is 7.47. The Morgan fingerprint density at radius 1 is 1.56 bits per heavy atom. The van der Waals surface area contributed by atoms with Gasteiger partial charge in [-0.15, -0.1) is 0 Å². The number of carbonyl (C=O) groups is 1. The molecule has 1 aromatic carbocycles. The highest BCUT2D eigenvalue weighted by Gasteiger charge is 2.26. The molecule has 0 heterocycles. The van der Waals surface area contributed by atoms with Crippen LogP contribution in [0.15, 0.2) is 18.2 Å². The van der Waals surface area contributed by atoms with Crippen LogP contribution in [0.25, 0.3) is 0 Å². The Bertz CT molecular complexity index is 428. The summed E-state index contributed by atoms with van der Waals surface area (Å²) in [6.07, 6.45) is 0.333. The molecule has 0 aliphatic heterocycles. The van der Waals surface area contributed by atoms with Gasteiger partial charge < -0.3 is 5.11 Å². The Morgan fingerprint density at radius 2 is 2.19 bits per heavy atom. The van der Waals surface area contributed by atoms with Gasteiger partial charge in [-0.25, -0.2) is 0 Å². The van der Waals surface area contributed by atoms with E-state index in [1.165, 1.54) is 6.07 Å². The van der Waals surface area contributed by atoms with Gasteiger partial charge >= 0.3 is 5.97 Å². The van der Waals surface area contributed by atoms with Gasteiger partial charge in [-0.2, -0.15) is 0 Å². The molecule has 0 aromatic heterocycles. The van der Waals surface area contributed by atoms with Crippen LogP contribution in [0, 0.1) is 17.0 Å². The normalized spacial score (nSPS) is 12.1. The van der Waals surface area contributed by atoms with Crippen LogP contribution in [0.5, 0.6) is 0 Å². The predicted octanol–water partition coefficient (Wildman–Crippen LogP) is 2.48.